The molecule has 0 spiro atoms. The van der Waals surface area contributed by atoms with Gasteiger partial charge in [-0.15, -0.1) is 10.2 Å². The molecule has 0 radical (unpaired) electrons. The van der Waals surface area contributed by atoms with Crippen LogP contribution in [0.5, 0.6) is 0 Å². The number of amides is 2. The molecule has 0 saturated carbocycles. The topological polar surface area (TPSA) is 80.1 Å². The van der Waals surface area contributed by atoms with Gasteiger partial charge in [-0.05, 0) is 36.2 Å². The highest BCUT2D eigenvalue weighted by Crippen LogP contribution is 2.29. The molecular formula is C20H19N5O2S. The summed E-state index contributed by atoms with van der Waals surface area (Å²) in [5.74, 6) is -0.0110. The molecule has 0 unspecified atom stereocenters. The molecule has 1 N–H and O–H groups in total. The lowest BCUT2D eigenvalue weighted by molar-refractivity contribution is -0.113. The number of para-hydroxylation sites is 1. The third kappa shape index (κ3) is 3.77. The molecule has 1 aliphatic rings. The second kappa shape index (κ2) is 7.85. The van der Waals surface area contributed by atoms with Crippen LogP contribution in [0.2, 0.25) is 0 Å². The molecule has 1 aromatic heterocycles. The number of thioether (sulfide) groups is 1. The van der Waals surface area contributed by atoms with Crippen LogP contribution in [0, 0.1) is 0 Å². The fraction of sp³-hybridized carbons (Fsp3) is 0.200. The third-order valence-corrected chi connectivity index (χ3v) is 5.56. The zero-order valence-electron chi connectivity index (χ0n) is 15.3. The first-order valence-electron chi connectivity index (χ1n) is 8.88. The maximum atomic E-state index is 13.0. The SMILES string of the molecule is Cn1cnnc1SCC(=O)Nc1cccc(C(=O)N2CCc3ccccc32)c1. The van der Waals surface area contributed by atoms with E-state index in [2.05, 4.69) is 15.5 Å². The van der Waals surface area contributed by atoms with Crippen molar-refractivity contribution in [2.75, 3.05) is 22.5 Å². The Labute approximate surface area is 166 Å². The number of nitrogens with zero attached hydrogens (tertiary/aromatic N) is 4. The number of fused-ring (bicyclic) bond motifs is 1. The number of nitrogens with one attached hydrogen (secondary N) is 1. The van der Waals surface area contributed by atoms with Crippen LogP contribution in [0.25, 0.3) is 0 Å². The van der Waals surface area contributed by atoms with Gasteiger partial charge in [-0.25, -0.2) is 0 Å². The molecule has 0 fully saturated rings. The van der Waals surface area contributed by atoms with Crippen LogP contribution in [-0.2, 0) is 18.3 Å². The summed E-state index contributed by atoms with van der Waals surface area (Å²) in [6.45, 7) is 0.670. The summed E-state index contributed by atoms with van der Waals surface area (Å²) in [5.41, 5.74) is 3.29. The van der Waals surface area contributed by atoms with E-state index in [9.17, 15) is 9.59 Å². The minimum absolute atomic E-state index is 0.0606. The predicted molar refractivity (Wildman–Crippen MR) is 109 cm³/mol. The molecule has 1 aliphatic heterocycles. The summed E-state index contributed by atoms with van der Waals surface area (Å²) in [7, 11) is 1.83. The number of aryl methyl sites for hydroxylation is 1. The van der Waals surface area contributed by atoms with E-state index in [0.29, 0.717) is 23.0 Å². The van der Waals surface area contributed by atoms with E-state index in [4.69, 9.17) is 0 Å². The quantitative estimate of drug-likeness (QED) is 0.674. The largest absolute Gasteiger partial charge is 0.325 e. The Morgan fingerprint density at radius 3 is 2.86 bits per heavy atom. The molecule has 0 saturated heterocycles. The summed E-state index contributed by atoms with van der Waals surface area (Å²) >= 11 is 1.31. The van der Waals surface area contributed by atoms with E-state index in [1.807, 2.05) is 31.3 Å². The van der Waals surface area contributed by atoms with Crippen LogP contribution in [0.15, 0.2) is 60.0 Å². The molecule has 3 aromatic rings. The van der Waals surface area contributed by atoms with Crippen molar-refractivity contribution in [1.29, 1.82) is 0 Å². The number of rotatable bonds is 5. The maximum absolute atomic E-state index is 13.0. The van der Waals surface area contributed by atoms with Gasteiger partial charge in [0.05, 0.1) is 5.75 Å². The Morgan fingerprint density at radius 1 is 1.18 bits per heavy atom. The van der Waals surface area contributed by atoms with Gasteiger partial charge in [0.15, 0.2) is 5.16 Å². The highest BCUT2D eigenvalue weighted by molar-refractivity contribution is 7.99. The number of aromatic nitrogens is 3. The molecule has 4 rings (SSSR count). The standard InChI is InChI=1S/C20H19N5O2S/c1-24-13-21-23-20(24)28-12-18(26)22-16-7-4-6-15(11-16)19(27)25-10-9-14-5-2-3-8-17(14)25/h2-8,11,13H,9-10,12H2,1H3,(H,22,26). The Balaban J connectivity index is 1.42. The molecule has 28 heavy (non-hydrogen) atoms. The van der Waals surface area contributed by atoms with Crippen LogP contribution in [0.3, 0.4) is 0 Å². The van der Waals surface area contributed by atoms with Gasteiger partial charge >= 0.3 is 0 Å². The summed E-state index contributed by atoms with van der Waals surface area (Å²) < 4.78 is 1.76. The fourth-order valence-electron chi connectivity index (χ4n) is 3.17. The molecule has 0 aliphatic carbocycles. The van der Waals surface area contributed by atoms with Crippen molar-refractivity contribution < 1.29 is 9.59 Å². The van der Waals surface area contributed by atoms with Gasteiger partial charge in [-0.3, -0.25) is 9.59 Å². The Bertz CT molecular complexity index is 1030. The summed E-state index contributed by atoms with van der Waals surface area (Å²) in [4.78, 5) is 27.0. The first-order chi connectivity index (χ1) is 13.6. The van der Waals surface area contributed by atoms with Crippen LogP contribution in [0.1, 0.15) is 15.9 Å². The fourth-order valence-corrected chi connectivity index (χ4v) is 3.85. The molecule has 2 aromatic carbocycles. The van der Waals surface area contributed by atoms with E-state index in [1.165, 1.54) is 17.3 Å². The molecule has 0 bridgehead atoms. The van der Waals surface area contributed by atoms with Crippen molar-refractivity contribution in [3.05, 3.63) is 66.0 Å². The molecule has 142 valence electrons. The van der Waals surface area contributed by atoms with E-state index in [1.54, 1.807) is 40.1 Å². The Hall–Kier alpha value is -3.13. The highest BCUT2D eigenvalue weighted by atomic mass is 32.2. The first kappa shape index (κ1) is 18.2. The van der Waals surface area contributed by atoms with Gasteiger partial charge in [0, 0.05) is 30.5 Å². The number of carbonyl (C=O) groups excluding carboxylic acids is 2. The maximum Gasteiger partial charge on any atom is 0.258 e. The smallest absolute Gasteiger partial charge is 0.258 e. The minimum Gasteiger partial charge on any atom is -0.325 e. The Kier molecular flexibility index (Phi) is 5.12. The van der Waals surface area contributed by atoms with Gasteiger partial charge in [-0.1, -0.05) is 36.0 Å². The van der Waals surface area contributed by atoms with Gasteiger partial charge in [-0.2, -0.15) is 0 Å². The van der Waals surface area contributed by atoms with Crippen molar-refractivity contribution in [2.24, 2.45) is 7.05 Å². The van der Waals surface area contributed by atoms with Crippen molar-refractivity contribution in [3.8, 4) is 0 Å². The van der Waals surface area contributed by atoms with Gasteiger partial charge in [0.1, 0.15) is 6.33 Å². The van der Waals surface area contributed by atoms with E-state index >= 15 is 0 Å². The molecule has 8 heteroatoms. The number of carbonyl (C=O) groups is 2. The van der Waals surface area contributed by atoms with E-state index < -0.39 is 0 Å². The van der Waals surface area contributed by atoms with Crippen molar-refractivity contribution in [3.63, 3.8) is 0 Å². The molecule has 2 heterocycles. The lowest BCUT2D eigenvalue weighted by atomic mass is 10.1. The van der Waals surface area contributed by atoms with Crippen LogP contribution in [0.4, 0.5) is 11.4 Å². The van der Waals surface area contributed by atoms with Crippen LogP contribution in [-0.4, -0.2) is 38.9 Å². The normalized spacial score (nSPS) is 12.7. The Morgan fingerprint density at radius 2 is 2.04 bits per heavy atom. The zero-order valence-corrected chi connectivity index (χ0v) is 16.1. The lowest BCUT2D eigenvalue weighted by Crippen LogP contribution is -2.29. The van der Waals surface area contributed by atoms with Crippen molar-refractivity contribution in [2.45, 2.75) is 11.6 Å². The lowest BCUT2D eigenvalue weighted by Gasteiger charge is -2.18. The molecule has 0 atom stereocenters. The minimum atomic E-state index is -0.163. The molecule has 7 nitrogen and oxygen atoms in total. The average Bonchev–Trinajstić information content (AvgIpc) is 3.32. The summed E-state index contributed by atoms with van der Waals surface area (Å²) in [6.07, 6.45) is 2.45. The third-order valence-electron chi connectivity index (χ3n) is 4.53. The van der Waals surface area contributed by atoms with Gasteiger partial charge < -0.3 is 14.8 Å². The van der Waals surface area contributed by atoms with E-state index in [0.717, 1.165) is 12.1 Å². The van der Waals surface area contributed by atoms with Crippen molar-refractivity contribution in [1.82, 2.24) is 14.8 Å². The number of benzene rings is 2. The molecular weight excluding hydrogens is 374 g/mol. The van der Waals surface area contributed by atoms with Gasteiger partial charge in [0.25, 0.3) is 5.91 Å². The van der Waals surface area contributed by atoms with Gasteiger partial charge in [0.2, 0.25) is 5.91 Å². The number of anilines is 2. The zero-order chi connectivity index (χ0) is 19.5. The molecule has 2 amide bonds. The summed E-state index contributed by atoms with van der Waals surface area (Å²) in [5, 5.41) is 11.2. The van der Waals surface area contributed by atoms with Crippen molar-refractivity contribution >= 4 is 35.0 Å². The first-order valence-corrected chi connectivity index (χ1v) is 9.87. The average molecular weight is 393 g/mol. The number of hydrogen-bond acceptors (Lipinski definition) is 5. The number of hydrogen-bond donors (Lipinski definition) is 1. The van der Waals surface area contributed by atoms with Crippen LogP contribution >= 0.6 is 11.8 Å². The predicted octanol–water partition coefficient (Wildman–Crippen LogP) is 2.75. The second-order valence-corrected chi connectivity index (χ2v) is 7.42. The van der Waals surface area contributed by atoms with E-state index in [-0.39, 0.29) is 17.6 Å². The monoisotopic (exact) mass is 393 g/mol. The summed E-state index contributed by atoms with van der Waals surface area (Å²) in [6, 6.07) is 15.0. The van der Waals surface area contributed by atoms with Crippen LogP contribution < -0.4 is 10.2 Å². The second-order valence-electron chi connectivity index (χ2n) is 6.48. The highest BCUT2D eigenvalue weighted by Gasteiger charge is 2.25.